The molecule has 2 aromatic carbocycles. The Labute approximate surface area is 173 Å². The van der Waals surface area contributed by atoms with Crippen LogP contribution in [0, 0.1) is 0 Å². The number of aromatic nitrogens is 4. The number of H-pyrrole nitrogens is 2. The third kappa shape index (κ3) is 3.46. The molecule has 5 rings (SSSR count). The van der Waals surface area contributed by atoms with Gasteiger partial charge in [0.15, 0.2) is 5.82 Å². The van der Waals surface area contributed by atoms with Crippen LogP contribution in [0.4, 0.5) is 5.82 Å². The maximum atomic E-state index is 6.34. The number of nitrogens with one attached hydrogen (secondary N) is 2. The number of aromatic amines is 2. The molecule has 0 amide bonds. The largest absolute Gasteiger partial charge is 0.490 e. The second-order valence-electron chi connectivity index (χ2n) is 7.41. The number of ether oxygens (including phenoxy) is 1. The van der Waals surface area contributed by atoms with Gasteiger partial charge < -0.3 is 21.2 Å². The van der Waals surface area contributed by atoms with Gasteiger partial charge >= 0.3 is 0 Å². The third-order valence-electron chi connectivity index (χ3n) is 5.26. The van der Waals surface area contributed by atoms with Gasteiger partial charge in [0.05, 0.1) is 11.7 Å². The molecule has 0 saturated carbocycles. The Hall–Kier alpha value is -3.84. The maximum absolute atomic E-state index is 6.34. The highest BCUT2D eigenvalue weighted by Crippen LogP contribution is 2.27. The summed E-state index contributed by atoms with van der Waals surface area (Å²) in [6.45, 7) is 0.404. The van der Waals surface area contributed by atoms with Gasteiger partial charge in [-0.05, 0) is 41.8 Å². The molecule has 1 atom stereocenters. The molecule has 0 radical (unpaired) electrons. The number of anilines is 1. The summed E-state index contributed by atoms with van der Waals surface area (Å²) >= 11 is 0. The van der Waals surface area contributed by atoms with Crippen molar-refractivity contribution in [1.29, 1.82) is 0 Å². The Kier molecular flexibility index (Phi) is 4.57. The molecule has 0 aliphatic carbocycles. The van der Waals surface area contributed by atoms with E-state index in [0.717, 1.165) is 34.0 Å². The number of nitrogens with zero attached hydrogens (tertiary/aromatic N) is 2. The van der Waals surface area contributed by atoms with Crippen molar-refractivity contribution in [2.45, 2.75) is 12.5 Å². The van der Waals surface area contributed by atoms with E-state index in [-0.39, 0.29) is 6.04 Å². The summed E-state index contributed by atoms with van der Waals surface area (Å²) < 4.78 is 5.94. The molecule has 3 heterocycles. The number of nitrogens with two attached hydrogens (primary N) is 2. The van der Waals surface area contributed by atoms with Crippen LogP contribution in [0.25, 0.3) is 32.9 Å². The molecule has 5 aromatic rings. The van der Waals surface area contributed by atoms with Gasteiger partial charge in [-0.1, -0.05) is 24.3 Å². The van der Waals surface area contributed by atoms with Gasteiger partial charge in [0.1, 0.15) is 12.4 Å². The zero-order chi connectivity index (χ0) is 20.5. The Morgan fingerprint density at radius 1 is 0.967 bits per heavy atom. The molecule has 0 bridgehead atoms. The van der Waals surface area contributed by atoms with Gasteiger partial charge in [0.2, 0.25) is 0 Å². The molecule has 0 spiro atoms. The average molecular weight is 398 g/mol. The second-order valence-corrected chi connectivity index (χ2v) is 7.41. The summed E-state index contributed by atoms with van der Waals surface area (Å²) in [6, 6.07) is 16.0. The van der Waals surface area contributed by atoms with Crippen LogP contribution >= 0.6 is 0 Å². The van der Waals surface area contributed by atoms with Crippen LogP contribution in [0.2, 0.25) is 0 Å². The van der Waals surface area contributed by atoms with Crippen molar-refractivity contribution in [3.05, 3.63) is 72.7 Å². The SMILES string of the molecule is Nc1n[nH]c2cc(-c3cncc(OCC(N)Cc4c[nH]c5ccccc45)c3)ccc12. The lowest BCUT2D eigenvalue weighted by Gasteiger charge is -2.13. The smallest absolute Gasteiger partial charge is 0.153 e. The normalized spacial score (nSPS) is 12.4. The lowest BCUT2D eigenvalue weighted by Crippen LogP contribution is -2.30. The molecule has 7 nitrogen and oxygen atoms in total. The molecule has 3 aromatic heterocycles. The Bertz CT molecular complexity index is 1320. The van der Waals surface area contributed by atoms with E-state index in [9.17, 15) is 0 Å². The highest BCUT2D eigenvalue weighted by Gasteiger charge is 2.11. The van der Waals surface area contributed by atoms with E-state index in [1.54, 1.807) is 12.4 Å². The van der Waals surface area contributed by atoms with E-state index in [0.29, 0.717) is 18.2 Å². The summed E-state index contributed by atoms with van der Waals surface area (Å²) in [5.41, 5.74) is 17.3. The molecule has 30 heavy (non-hydrogen) atoms. The quantitative estimate of drug-likeness (QED) is 0.348. The fourth-order valence-electron chi connectivity index (χ4n) is 3.72. The minimum atomic E-state index is -0.128. The fourth-order valence-corrected chi connectivity index (χ4v) is 3.72. The number of hydrogen-bond donors (Lipinski definition) is 4. The van der Waals surface area contributed by atoms with Crippen molar-refractivity contribution >= 4 is 27.6 Å². The zero-order valence-corrected chi connectivity index (χ0v) is 16.3. The Morgan fingerprint density at radius 3 is 2.80 bits per heavy atom. The number of fused-ring (bicyclic) bond motifs is 2. The molecule has 0 aliphatic heterocycles. The molecule has 1 unspecified atom stereocenters. The van der Waals surface area contributed by atoms with Gasteiger partial charge in [-0.15, -0.1) is 0 Å². The number of rotatable bonds is 6. The molecular weight excluding hydrogens is 376 g/mol. The lowest BCUT2D eigenvalue weighted by molar-refractivity contribution is 0.287. The first kappa shape index (κ1) is 18.2. The van der Waals surface area contributed by atoms with Crippen molar-refractivity contribution in [3.8, 4) is 16.9 Å². The summed E-state index contributed by atoms with van der Waals surface area (Å²) in [4.78, 5) is 7.61. The second kappa shape index (κ2) is 7.53. The molecule has 6 N–H and O–H groups in total. The van der Waals surface area contributed by atoms with Crippen LogP contribution < -0.4 is 16.2 Å². The van der Waals surface area contributed by atoms with Gasteiger partial charge in [0, 0.05) is 40.3 Å². The van der Waals surface area contributed by atoms with E-state index >= 15 is 0 Å². The Morgan fingerprint density at radius 2 is 1.87 bits per heavy atom. The van der Waals surface area contributed by atoms with Crippen LogP contribution in [0.1, 0.15) is 5.56 Å². The Balaban J connectivity index is 1.28. The van der Waals surface area contributed by atoms with Gasteiger partial charge in [0.25, 0.3) is 0 Å². The summed E-state index contributed by atoms with van der Waals surface area (Å²) in [5.74, 6) is 1.18. The topological polar surface area (TPSA) is 119 Å². The van der Waals surface area contributed by atoms with Crippen LogP contribution in [-0.4, -0.2) is 32.8 Å². The first-order valence-corrected chi connectivity index (χ1v) is 9.80. The highest BCUT2D eigenvalue weighted by molar-refractivity contribution is 5.91. The molecule has 0 fully saturated rings. The third-order valence-corrected chi connectivity index (χ3v) is 5.26. The summed E-state index contributed by atoms with van der Waals surface area (Å²) in [5, 5.41) is 9.09. The van der Waals surface area contributed by atoms with Crippen LogP contribution in [0.3, 0.4) is 0 Å². The monoisotopic (exact) mass is 398 g/mol. The van der Waals surface area contributed by atoms with E-state index in [4.69, 9.17) is 16.2 Å². The summed E-state index contributed by atoms with van der Waals surface area (Å²) in [6.07, 6.45) is 6.26. The van der Waals surface area contributed by atoms with Gasteiger partial charge in [-0.25, -0.2) is 0 Å². The van der Waals surface area contributed by atoms with Crippen LogP contribution in [-0.2, 0) is 6.42 Å². The van der Waals surface area contributed by atoms with Crippen LogP contribution in [0.5, 0.6) is 5.75 Å². The maximum Gasteiger partial charge on any atom is 0.153 e. The van der Waals surface area contributed by atoms with Crippen molar-refractivity contribution < 1.29 is 4.74 Å². The predicted molar refractivity (Wildman–Crippen MR) is 119 cm³/mol. The van der Waals surface area contributed by atoms with E-state index in [1.807, 2.05) is 42.6 Å². The number of nitrogen functional groups attached to an aromatic ring is 1. The first-order valence-electron chi connectivity index (χ1n) is 9.80. The fraction of sp³-hybridized carbons (Fsp3) is 0.130. The molecular formula is C23H22N6O. The molecule has 150 valence electrons. The standard InChI is InChI=1S/C23H22N6O/c24-17(7-16-11-27-21-4-2-1-3-19(16)21)13-30-18-8-15(10-26-12-18)14-5-6-20-22(9-14)28-29-23(20)25/h1-6,8-12,17,27H,7,13,24H2,(H3,25,28,29). The minimum Gasteiger partial charge on any atom is -0.490 e. The average Bonchev–Trinajstić information content (AvgIpc) is 3.36. The number of para-hydroxylation sites is 1. The van der Waals surface area contributed by atoms with Crippen molar-refractivity contribution in [1.82, 2.24) is 20.2 Å². The molecule has 7 heteroatoms. The van der Waals surface area contributed by atoms with Crippen molar-refractivity contribution in [2.75, 3.05) is 12.3 Å². The van der Waals surface area contributed by atoms with E-state index in [2.05, 4.69) is 32.3 Å². The zero-order valence-electron chi connectivity index (χ0n) is 16.3. The van der Waals surface area contributed by atoms with Crippen molar-refractivity contribution in [2.24, 2.45) is 5.73 Å². The van der Waals surface area contributed by atoms with Gasteiger partial charge in [-0.3, -0.25) is 10.1 Å². The first-order chi connectivity index (χ1) is 14.7. The minimum absolute atomic E-state index is 0.128. The highest BCUT2D eigenvalue weighted by atomic mass is 16.5. The predicted octanol–water partition coefficient (Wildman–Crippen LogP) is 3.64. The summed E-state index contributed by atoms with van der Waals surface area (Å²) in [7, 11) is 0. The molecule has 0 saturated heterocycles. The van der Waals surface area contributed by atoms with Crippen molar-refractivity contribution in [3.63, 3.8) is 0 Å². The number of hydrogen-bond acceptors (Lipinski definition) is 5. The number of pyridine rings is 1. The molecule has 0 aliphatic rings. The van der Waals surface area contributed by atoms with Crippen LogP contribution in [0.15, 0.2) is 67.1 Å². The lowest BCUT2D eigenvalue weighted by atomic mass is 10.1. The van der Waals surface area contributed by atoms with E-state index < -0.39 is 0 Å². The van der Waals surface area contributed by atoms with E-state index in [1.165, 1.54) is 10.9 Å². The number of benzene rings is 2. The van der Waals surface area contributed by atoms with Gasteiger partial charge in [-0.2, -0.15) is 5.10 Å².